The Labute approximate surface area is 114 Å². The van der Waals surface area contributed by atoms with Crippen molar-refractivity contribution >= 4 is 27.9 Å². The number of carbonyl (C=O) groups is 2. The molecule has 0 atom stereocenters. The van der Waals surface area contributed by atoms with Crippen molar-refractivity contribution in [3.8, 4) is 0 Å². The van der Waals surface area contributed by atoms with Crippen molar-refractivity contribution in [3.63, 3.8) is 0 Å². The van der Waals surface area contributed by atoms with Gasteiger partial charge < -0.3 is 9.47 Å². The van der Waals surface area contributed by atoms with Crippen LogP contribution in [-0.2, 0) is 25.5 Å². The summed E-state index contributed by atoms with van der Waals surface area (Å²) in [4.78, 5) is 22.8. The van der Waals surface area contributed by atoms with Crippen molar-refractivity contribution in [1.82, 2.24) is 0 Å². The molecule has 1 rings (SSSR count). The lowest BCUT2D eigenvalue weighted by molar-refractivity contribution is -0.144. The van der Waals surface area contributed by atoms with E-state index in [2.05, 4.69) is 25.4 Å². The lowest BCUT2D eigenvalue weighted by Crippen LogP contribution is -2.16. The third-order valence-electron chi connectivity index (χ3n) is 2.27. The minimum absolute atomic E-state index is 0.0945. The highest BCUT2D eigenvalue weighted by molar-refractivity contribution is 9.10. The van der Waals surface area contributed by atoms with Gasteiger partial charge in [-0.05, 0) is 24.1 Å². The number of hydrogen-bond acceptors (Lipinski definition) is 4. The fourth-order valence-corrected chi connectivity index (χ4v) is 1.57. The van der Waals surface area contributed by atoms with Gasteiger partial charge in [-0.25, -0.2) is 9.59 Å². The summed E-state index contributed by atoms with van der Waals surface area (Å²) >= 11 is 3.33. The molecular formula is C13H13BrO4. The van der Waals surface area contributed by atoms with Crippen LogP contribution in [0.1, 0.15) is 5.56 Å². The topological polar surface area (TPSA) is 52.6 Å². The van der Waals surface area contributed by atoms with Crippen LogP contribution in [0.3, 0.4) is 0 Å². The number of halogens is 1. The van der Waals surface area contributed by atoms with Crippen molar-refractivity contribution in [2.24, 2.45) is 0 Å². The summed E-state index contributed by atoms with van der Waals surface area (Å²) in [6.45, 7) is 0. The summed E-state index contributed by atoms with van der Waals surface area (Å²) in [6, 6.07) is 7.57. The Kier molecular flexibility index (Phi) is 5.58. The van der Waals surface area contributed by atoms with Gasteiger partial charge in [0.15, 0.2) is 0 Å². The van der Waals surface area contributed by atoms with Gasteiger partial charge in [-0.1, -0.05) is 34.1 Å². The quantitative estimate of drug-likeness (QED) is 0.370. The number of ether oxygens (including phenoxy) is 2. The van der Waals surface area contributed by atoms with Crippen LogP contribution >= 0.6 is 15.9 Å². The molecule has 0 aliphatic heterocycles. The van der Waals surface area contributed by atoms with Crippen LogP contribution in [0.25, 0.3) is 0 Å². The number of allylic oxidation sites excluding steroid dienone is 1. The molecule has 0 bridgehead atoms. The maximum atomic E-state index is 11.4. The maximum absolute atomic E-state index is 11.4. The highest BCUT2D eigenvalue weighted by Gasteiger charge is 2.18. The fraction of sp³-hybridized carbons (Fsp3) is 0.231. The normalized spacial score (nSPS) is 9.50. The second-order valence-corrected chi connectivity index (χ2v) is 4.35. The largest absolute Gasteiger partial charge is 0.465 e. The van der Waals surface area contributed by atoms with Gasteiger partial charge in [0, 0.05) is 4.47 Å². The van der Waals surface area contributed by atoms with E-state index in [4.69, 9.17) is 0 Å². The molecule has 4 nitrogen and oxygen atoms in total. The summed E-state index contributed by atoms with van der Waals surface area (Å²) in [7, 11) is 2.44. The van der Waals surface area contributed by atoms with Gasteiger partial charge in [-0.3, -0.25) is 0 Å². The van der Waals surface area contributed by atoms with Crippen LogP contribution in [0, 0.1) is 0 Å². The Bertz CT molecular complexity index is 444. The Morgan fingerprint density at radius 3 is 2.06 bits per heavy atom. The van der Waals surface area contributed by atoms with E-state index in [9.17, 15) is 9.59 Å². The van der Waals surface area contributed by atoms with Crippen molar-refractivity contribution in [2.45, 2.75) is 6.42 Å². The first-order valence-corrected chi connectivity index (χ1v) is 5.99. The molecule has 96 valence electrons. The molecule has 5 heteroatoms. The van der Waals surface area contributed by atoms with Gasteiger partial charge in [0.05, 0.1) is 14.2 Å². The number of carbonyl (C=O) groups excluding carboxylic acids is 2. The fourth-order valence-electron chi connectivity index (χ4n) is 1.31. The van der Waals surface area contributed by atoms with Gasteiger partial charge in [0.25, 0.3) is 0 Å². The van der Waals surface area contributed by atoms with Gasteiger partial charge in [-0.15, -0.1) is 0 Å². The van der Waals surface area contributed by atoms with E-state index in [0.717, 1.165) is 10.0 Å². The highest BCUT2D eigenvalue weighted by atomic mass is 79.9. The number of rotatable bonds is 4. The zero-order valence-corrected chi connectivity index (χ0v) is 11.7. The van der Waals surface area contributed by atoms with Gasteiger partial charge >= 0.3 is 11.9 Å². The molecule has 0 aromatic heterocycles. The molecule has 18 heavy (non-hydrogen) atoms. The molecule has 0 aliphatic carbocycles. The van der Waals surface area contributed by atoms with Gasteiger partial charge in [-0.2, -0.15) is 0 Å². The predicted octanol–water partition coefficient (Wildman–Crippen LogP) is 2.26. The molecule has 0 aliphatic rings. The lowest BCUT2D eigenvalue weighted by atomic mass is 10.1. The van der Waals surface area contributed by atoms with Crippen LogP contribution in [0.15, 0.2) is 40.4 Å². The third-order valence-corrected chi connectivity index (χ3v) is 2.79. The molecule has 0 heterocycles. The van der Waals surface area contributed by atoms with E-state index in [1.165, 1.54) is 20.3 Å². The second kappa shape index (κ2) is 6.96. The zero-order chi connectivity index (χ0) is 13.5. The average Bonchev–Trinajstić information content (AvgIpc) is 2.40. The van der Waals surface area contributed by atoms with E-state index in [1.54, 1.807) is 0 Å². The van der Waals surface area contributed by atoms with E-state index in [-0.39, 0.29) is 5.57 Å². The Hall–Kier alpha value is -1.62. The minimum atomic E-state index is -0.695. The molecule has 1 aromatic carbocycles. The van der Waals surface area contributed by atoms with Crippen LogP contribution < -0.4 is 0 Å². The highest BCUT2D eigenvalue weighted by Crippen LogP contribution is 2.12. The molecular weight excluding hydrogens is 300 g/mol. The van der Waals surface area contributed by atoms with Crippen molar-refractivity contribution < 1.29 is 19.1 Å². The SMILES string of the molecule is COC(=O)C(=CCc1ccc(Br)cc1)C(=O)OC. The molecule has 0 radical (unpaired) electrons. The third kappa shape index (κ3) is 4.00. The van der Waals surface area contributed by atoms with E-state index >= 15 is 0 Å². The van der Waals surface area contributed by atoms with Gasteiger partial charge in [0.1, 0.15) is 5.57 Å². The predicted molar refractivity (Wildman–Crippen MR) is 70.0 cm³/mol. The van der Waals surface area contributed by atoms with E-state index < -0.39 is 11.9 Å². The molecule has 0 N–H and O–H groups in total. The smallest absolute Gasteiger partial charge is 0.344 e. The number of esters is 2. The standard InChI is InChI=1S/C13H13BrO4/c1-17-12(15)11(13(16)18-2)8-5-9-3-6-10(14)7-4-9/h3-4,6-8H,5H2,1-2H3. The molecule has 0 saturated carbocycles. The number of benzene rings is 1. The summed E-state index contributed by atoms with van der Waals surface area (Å²) < 4.78 is 10.0. The maximum Gasteiger partial charge on any atom is 0.344 e. The molecule has 0 saturated heterocycles. The lowest BCUT2D eigenvalue weighted by Gasteiger charge is -2.03. The minimum Gasteiger partial charge on any atom is -0.465 e. The van der Waals surface area contributed by atoms with Crippen LogP contribution in [0.2, 0.25) is 0 Å². The molecule has 0 spiro atoms. The summed E-state index contributed by atoms with van der Waals surface area (Å²) in [5, 5.41) is 0. The van der Waals surface area contributed by atoms with E-state index in [1.807, 2.05) is 24.3 Å². The molecule has 0 amide bonds. The monoisotopic (exact) mass is 312 g/mol. The first kappa shape index (κ1) is 14.4. The first-order chi connectivity index (χ1) is 8.58. The molecule has 0 unspecified atom stereocenters. The Balaban J connectivity index is 2.86. The van der Waals surface area contributed by atoms with Crippen LogP contribution in [0.4, 0.5) is 0 Å². The molecule has 1 aromatic rings. The summed E-state index contributed by atoms with van der Waals surface area (Å²) in [5.41, 5.74) is 0.881. The van der Waals surface area contributed by atoms with Crippen molar-refractivity contribution in [2.75, 3.05) is 14.2 Å². The Morgan fingerprint density at radius 1 is 1.11 bits per heavy atom. The zero-order valence-electron chi connectivity index (χ0n) is 10.1. The van der Waals surface area contributed by atoms with Gasteiger partial charge in [0.2, 0.25) is 0 Å². The van der Waals surface area contributed by atoms with Crippen molar-refractivity contribution in [3.05, 3.63) is 46.0 Å². The van der Waals surface area contributed by atoms with Crippen LogP contribution in [-0.4, -0.2) is 26.2 Å². The Morgan fingerprint density at radius 2 is 1.61 bits per heavy atom. The second-order valence-electron chi connectivity index (χ2n) is 3.43. The molecule has 0 fully saturated rings. The summed E-state index contributed by atoms with van der Waals surface area (Å²) in [5.74, 6) is -1.39. The number of hydrogen-bond donors (Lipinski definition) is 0. The first-order valence-electron chi connectivity index (χ1n) is 5.19. The van der Waals surface area contributed by atoms with Crippen molar-refractivity contribution in [1.29, 1.82) is 0 Å². The number of methoxy groups -OCH3 is 2. The average molecular weight is 313 g/mol. The van der Waals surface area contributed by atoms with E-state index in [0.29, 0.717) is 6.42 Å². The summed E-state index contributed by atoms with van der Waals surface area (Å²) in [6.07, 6.45) is 1.95. The van der Waals surface area contributed by atoms with Crippen LogP contribution in [0.5, 0.6) is 0 Å².